The summed E-state index contributed by atoms with van der Waals surface area (Å²) in [5.41, 5.74) is 6.97. The van der Waals surface area contributed by atoms with Crippen LogP contribution >= 0.6 is 11.3 Å². The summed E-state index contributed by atoms with van der Waals surface area (Å²) in [7, 11) is 0. The molecule has 0 saturated carbocycles. The molecule has 0 aliphatic carbocycles. The van der Waals surface area contributed by atoms with Crippen LogP contribution in [0.2, 0.25) is 0 Å². The summed E-state index contributed by atoms with van der Waals surface area (Å²) in [6.07, 6.45) is 1.97. The second-order valence-electron chi connectivity index (χ2n) is 12.6. The quantitative estimate of drug-likeness (QED) is 0.168. The Bertz CT molecular complexity index is 2540. The number of benzene rings is 7. The summed E-state index contributed by atoms with van der Waals surface area (Å²) in [5.74, 6) is 0.890. The molecule has 3 N–H and O–H groups in total. The number of rotatable bonds is 4. The fourth-order valence-electron chi connectivity index (χ4n) is 7.45. The number of nitrogens with one attached hydrogen (secondary N) is 3. The first kappa shape index (κ1) is 27.5. The molecule has 0 bridgehead atoms. The van der Waals surface area contributed by atoms with Crippen molar-refractivity contribution in [3.05, 3.63) is 174 Å². The Morgan fingerprint density at radius 3 is 2.25 bits per heavy atom. The maximum atomic E-state index is 6.65. The van der Waals surface area contributed by atoms with E-state index in [1.54, 1.807) is 0 Å². The summed E-state index contributed by atoms with van der Waals surface area (Å²) in [6, 6.07) is 52.1. The lowest BCUT2D eigenvalue weighted by atomic mass is 9.95. The van der Waals surface area contributed by atoms with Crippen molar-refractivity contribution in [2.45, 2.75) is 18.4 Å². The van der Waals surface area contributed by atoms with Crippen molar-refractivity contribution in [3.63, 3.8) is 0 Å². The molecule has 0 fully saturated rings. The van der Waals surface area contributed by atoms with E-state index in [4.69, 9.17) is 4.74 Å². The molecule has 0 saturated heterocycles. The Kier molecular flexibility index (Phi) is 6.29. The summed E-state index contributed by atoms with van der Waals surface area (Å²) >= 11 is 1.84. The average Bonchev–Trinajstić information content (AvgIpc) is 3.77. The number of anilines is 1. The van der Waals surface area contributed by atoms with Crippen LogP contribution in [0.4, 0.5) is 5.69 Å². The SMILES string of the molecule is C1=C(c2ccccc2)NC(c2ccc3c(ccc4ccc5c(c43)NC(c3cccc4c3sc3ccccc34)O5)c2)NC1c1ccccc1. The second-order valence-corrected chi connectivity index (χ2v) is 13.7. The third kappa shape index (κ3) is 4.47. The molecule has 5 heteroatoms. The Hall–Kier alpha value is -5.62. The van der Waals surface area contributed by atoms with Gasteiger partial charge in [0.1, 0.15) is 11.9 Å². The van der Waals surface area contributed by atoms with E-state index in [1.165, 1.54) is 64.0 Å². The summed E-state index contributed by atoms with van der Waals surface area (Å²) in [4.78, 5) is 0. The van der Waals surface area contributed by atoms with Crippen molar-refractivity contribution in [2.75, 3.05) is 5.32 Å². The molecule has 2 aliphatic rings. The van der Waals surface area contributed by atoms with Crippen LogP contribution in [-0.4, -0.2) is 0 Å². The molecule has 7 aromatic carbocycles. The number of fused-ring (bicyclic) bond motifs is 8. The summed E-state index contributed by atoms with van der Waals surface area (Å²) in [5, 5.41) is 18.8. The zero-order valence-corrected chi connectivity index (χ0v) is 26.8. The molecule has 0 spiro atoms. The highest BCUT2D eigenvalue weighted by molar-refractivity contribution is 7.26. The van der Waals surface area contributed by atoms with E-state index in [-0.39, 0.29) is 18.4 Å². The van der Waals surface area contributed by atoms with Gasteiger partial charge in [-0.15, -0.1) is 11.3 Å². The van der Waals surface area contributed by atoms with E-state index in [0.717, 1.165) is 17.1 Å². The predicted octanol–water partition coefficient (Wildman–Crippen LogP) is 10.8. The largest absolute Gasteiger partial charge is 0.464 e. The number of thiophene rings is 1. The van der Waals surface area contributed by atoms with Gasteiger partial charge in [0.25, 0.3) is 0 Å². The van der Waals surface area contributed by atoms with Crippen LogP contribution in [0.25, 0.3) is 47.4 Å². The first-order chi connectivity index (χ1) is 23.8. The first-order valence-corrected chi connectivity index (χ1v) is 17.3. The van der Waals surface area contributed by atoms with E-state index >= 15 is 0 Å². The van der Waals surface area contributed by atoms with Crippen molar-refractivity contribution >= 4 is 64.4 Å². The zero-order chi connectivity index (χ0) is 31.6. The minimum absolute atomic E-state index is 0.0652. The Balaban J connectivity index is 1.03. The standard InChI is InChI=1S/C43H31N3OS/c1-3-10-26(11-4-1)35-25-36(27-12-5-2-6-13-27)45-42(44-35)30-20-22-31-29(24-30)19-18-28-21-23-37-40(39(28)31)46-43(47-37)34-16-9-15-33-32-14-7-8-17-38(32)48-41(33)34/h1-25,35,42-46H. The molecule has 2 aliphatic heterocycles. The lowest BCUT2D eigenvalue weighted by Gasteiger charge is -2.33. The second kappa shape index (κ2) is 11.0. The molecule has 8 aromatic rings. The van der Waals surface area contributed by atoms with E-state index in [0.29, 0.717) is 0 Å². The van der Waals surface area contributed by atoms with Crippen molar-refractivity contribution in [1.29, 1.82) is 0 Å². The van der Waals surface area contributed by atoms with Gasteiger partial charge < -0.3 is 15.4 Å². The first-order valence-electron chi connectivity index (χ1n) is 16.4. The number of hydrogen-bond acceptors (Lipinski definition) is 5. The van der Waals surface area contributed by atoms with Gasteiger partial charge in [0, 0.05) is 36.8 Å². The number of hydrogen-bond donors (Lipinski definition) is 3. The minimum Gasteiger partial charge on any atom is -0.464 e. The fourth-order valence-corrected chi connectivity index (χ4v) is 8.68. The summed E-state index contributed by atoms with van der Waals surface area (Å²) < 4.78 is 9.22. The van der Waals surface area contributed by atoms with E-state index in [9.17, 15) is 0 Å². The lowest BCUT2D eigenvalue weighted by Crippen LogP contribution is -2.39. The third-order valence-electron chi connectivity index (χ3n) is 9.78. The lowest BCUT2D eigenvalue weighted by molar-refractivity contribution is 0.261. The highest BCUT2D eigenvalue weighted by Crippen LogP contribution is 2.48. The predicted molar refractivity (Wildman–Crippen MR) is 200 cm³/mol. The maximum absolute atomic E-state index is 6.65. The van der Waals surface area contributed by atoms with Crippen LogP contribution in [0.1, 0.15) is 40.7 Å². The van der Waals surface area contributed by atoms with Crippen LogP contribution in [0.15, 0.2) is 152 Å². The highest BCUT2D eigenvalue weighted by atomic mass is 32.1. The van der Waals surface area contributed by atoms with E-state index < -0.39 is 0 Å². The maximum Gasteiger partial charge on any atom is 0.198 e. The normalized spacial score (nSPS) is 18.8. The molecule has 48 heavy (non-hydrogen) atoms. The molecule has 230 valence electrons. The van der Waals surface area contributed by atoms with Crippen molar-refractivity contribution in [3.8, 4) is 5.75 Å². The Morgan fingerprint density at radius 2 is 1.35 bits per heavy atom. The van der Waals surface area contributed by atoms with Crippen LogP contribution < -0.4 is 20.7 Å². The van der Waals surface area contributed by atoms with Gasteiger partial charge in [-0.05, 0) is 57.1 Å². The Labute approximate surface area is 282 Å². The van der Waals surface area contributed by atoms with Gasteiger partial charge in [-0.3, -0.25) is 5.32 Å². The van der Waals surface area contributed by atoms with Gasteiger partial charge in [-0.25, -0.2) is 0 Å². The van der Waals surface area contributed by atoms with Crippen LogP contribution in [0, 0.1) is 0 Å². The molecule has 3 unspecified atom stereocenters. The van der Waals surface area contributed by atoms with Gasteiger partial charge in [-0.2, -0.15) is 0 Å². The third-order valence-corrected chi connectivity index (χ3v) is 11.0. The van der Waals surface area contributed by atoms with Gasteiger partial charge in [-0.1, -0.05) is 127 Å². The van der Waals surface area contributed by atoms with Crippen molar-refractivity contribution in [2.24, 2.45) is 0 Å². The molecule has 3 heterocycles. The average molecular weight is 638 g/mol. The summed E-state index contributed by atoms with van der Waals surface area (Å²) in [6.45, 7) is 0. The van der Waals surface area contributed by atoms with E-state index in [1.807, 2.05) is 11.3 Å². The van der Waals surface area contributed by atoms with Gasteiger partial charge >= 0.3 is 0 Å². The van der Waals surface area contributed by atoms with Crippen molar-refractivity contribution < 1.29 is 4.74 Å². The van der Waals surface area contributed by atoms with Gasteiger partial charge in [0.15, 0.2) is 6.23 Å². The Morgan fingerprint density at radius 1 is 0.583 bits per heavy atom. The van der Waals surface area contributed by atoms with Gasteiger partial charge in [0.05, 0.1) is 11.7 Å². The molecule has 0 amide bonds. The van der Waals surface area contributed by atoms with Crippen LogP contribution in [0.5, 0.6) is 5.75 Å². The zero-order valence-electron chi connectivity index (χ0n) is 26.0. The monoisotopic (exact) mass is 637 g/mol. The molecule has 1 aromatic heterocycles. The minimum atomic E-state index is -0.259. The number of ether oxygens (including phenoxy) is 1. The molecular weight excluding hydrogens is 607 g/mol. The smallest absolute Gasteiger partial charge is 0.198 e. The molecule has 3 atom stereocenters. The van der Waals surface area contributed by atoms with E-state index in [2.05, 4.69) is 168 Å². The topological polar surface area (TPSA) is 45.3 Å². The van der Waals surface area contributed by atoms with Crippen molar-refractivity contribution in [1.82, 2.24) is 10.6 Å². The highest BCUT2D eigenvalue weighted by Gasteiger charge is 2.29. The molecular formula is C43H31N3OS. The van der Waals surface area contributed by atoms with Gasteiger partial charge in [0.2, 0.25) is 0 Å². The van der Waals surface area contributed by atoms with Crippen LogP contribution in [0.3, 0.4) is 0 Å². The molecule has 0 radical (unpaired) electrons. The fraction of sp³-hybridized carbons (Fsp3) is 0.0698. The molecule has 4 nitrogen and oxygen atoms in total. The molecule has 10 rings (SSSR count). The van der Waals surface area contributed by atoms with Crippen LogP contribution in [-0.2, 0) is 0 Å².